The van der Waals surface area contributed by atoms with Gasteiger partial charge in [-0.1, -0.05) is 0 Å². The van der Waals surface area contributed by atoms with Gasteiger partial charge in [-0.2, -0.15) is 0 Å². The fraction of sp³-hybridized carbons (Fsp3) is 0.286. The van der Waals surface area contributed by atoms with Crippen molar-refractivity contribution in [3.05, 3.63) is 24.0 Å². The lowest BCUT2D eigenvalue weighted by atomic mass is 10.2. The number of carbonyl (C=O) groups is 1. The van der Waals surface area contributed by atoms with Crippen LogP contribution in [0.1, 0.15) is 18.7 Å². The Balaban J connectivity index is 2.56. The lowest BCUT2D eigenvalue weighted by Gasteiger charge is -2.08. The van der Waals surface area contributed by atoms with E-state index >= 15 is 0 Å². The molecule has 1 unspecified atom stereocenters. The Morgan fingerprint density at radius 2 is 2.55 bits per heavy atom. The van der Waals surface area contributed by atoms with E-state index in [4.69, 9.17) is 5.73 Å². The largest absolute Gasteiger partial charge is 0.363 e. The summed E-state index contributed by atoms with van der Waals surface area (Å²) in [5.74, 6) is 0. The summed E-state index contributed by atoms with van der Waals surface area (Å²) in [5.41, 5.74) is 5.88. The average Bonchev–Trinajstić information content (AvgIpc) is 2.35. The van der Waals surface area contributed by atoms with Crippen LogP contribution in [0.3, 0.4) is 0 Å². The van der Waals surface area contributed by atoms with Gasteiger partial charge in [0.05, 0.1) is 6.04 Å². The van der Waals surface area contributed by atoms with Gasteiger partial charge in [-0.15, -0.1) is 0 Å². The molecule has 4 N–H and O–H groups in total. The molecule has 0 spiro atoms. The summed E-state index contributed by atoms with van der Waals surface area (Å²) in [6.07, 6.45) is 1.80. The van der Waals surface area contributed by atoms with Crippen molar-refractivity contribution in [2.75, 3.05) is 0 Å². The van der Waals surface area contributed by atoms with Gasteiger partial charge in [-0.25, -0.2) is 4.79 Å². The Morgan fingerprint density at radius 3 is 3.00 bits per heavy atom. The molecule has 0 bridgehead atoms. The van der Waals surface area contributed by atoms with Crippen molar-refractivity contribution in [2.24, 2.45) is 5.73 Å². The smallest absolute Gasteiger partial charge is 0.312 e. The average molecular weight is 153 g/mol. The maximum absolute atomic E-state index is 10.4. The number of nitrogens with two attached hydrogens (primary N) is 1. The second kappa shape index (κ2) is 3.09. The highest BCUT2D eigenvalue weighted by molar-refractivity contribution is 5.72. The van der Waals surface area contributed by atoms with E-state index in [1.807, 2.05) is 19.1 Å². The van der Waals surface area contributed by atoms with Gasteiger partial charge in [0.15, 0.2) is 0 Å². The maximum Gasteiger partial charge on any atom is 0.312 e. The molecule has 11 heavy (non-hydrogen) atoms. The lowest BCUT2D eigenvalue weighted by Crippen LogP contribution is -2.31. The van der Waals surface area contributed by atoms with Gasteiger partial charge in [0.1, 0.15) is 0 Å². The highest BCUT2D eigenvalue weighted by Gasteiger charge is 2.05. The van der Waals surface area contributed by atoms with Gasteiger partial charge < -0.3 is 16.0 Å². The minimum absolute atomic E-state index is 0.0532. The van der Waals surface area contributed by atoms with E-state index in [1.165, 1.54) is 0 Å². The molecule has 0 aliphatic carbocycles. The van der Waals surface area contributed by atoms with E-state index in [2.05, 4.69) is 10.3 Å². The summed E-state index contributed by atoms with van der Waals surface area (Å²) in [4.78, 5) is 13.4. The van der Waals surface area contributed by atoms with E-state index in [0.717, 1.165) is 5.69 Å². The Kier molecular flexibility index (Phi) is 2.15. The standard InChI is InChI=1S/C7H11N3O/c1-5(10-7(8)11)6-3-2-4-9-6/h2-5,9H,1H3,(H3,8,10,11). The summed E-state index contributed by atoms with van der Waals surface area (Å²) < 4.78 is 0. The van der Waals surface area contributed by atoms with Crippen LogP contribution in [-0.4, -0.2) is 11.0 Å². The van der Waals surface area contributed by atoms with Gasteiger partial charge >= 0.3 is 6.03 Å². The van der Waals surface area contributed by atoms with Crippen LogP contribution >= 0.6 is 0 Å². The molecule has 1 rings (SSSR count). The van der Waals surface area contributed by atoms with E-state index < -0.39 is 6.03 Å². The normalized spacial score (nSPS) is 12.5. The second-order valence-electron chi connectivity index (χ2n) is 2.36. The van der Waals surface area contributed by atoms with Crippen LogP contribution in [0.5, 0.6) is 0 Å². The first-order chi connectivity index (χ1) is 5.20. The van der Waals surface area contributed by atoms with Crippen molar-refractivity contribution in [3.63, 3.8) is 0 Å². The topological polar surface area (TPSA) is 70.9 Å². The number of urea groups is 1. The Labute approximate surface area is 64.8 Å². The van der Waals surface area contributed by atoms with Crippen LogP contribution in [0.2, 0.25) is 0 Å². The van der Waals surface area contributed by atoms with Crippen LogP contribution in [0.4, 0.5) is 4.79 Å². The number of hydrogen-bond acceptors (Lipinski definition) is 1. The Morgan fingerprint density at radius 1 is 1.82 bits per heavy atom. The van der Waals surface area contributed by atoms with Crippen molar-refractivity contribution in [1.29, 1.82) is 0 Å². The van der Waals surface area contributed by atoms with Gasteiger partial charge in [0, 0.05) is 11.9 Å². The minimum Gasteiger partial charge on any atom is -0.363 e. The molecule has 0 radical (unpaired) electrons. The van der Waals surface area contributed by atoms with Gasteiger partial charge in [-0.3, -0.25) is 0 Å². The summed E-state index contributed by atoms with van der Waals surface area (Å²) >= 11 is 0. The van der Waals surface area contributed by atoms with Crippen LogP contribution in [0.15, 0.2) is 18.3 Å². The molecule has 1 atom stereocenters. The van der Waals surface area contributed by atoms with Crippen molar-refractivity contribution in [3.8, 4) is 0 Å². The number of aromatic amines is 1. The summed E-state index contributed by atoms with van der Waals surface area (Å²) in [6, 6.07) is 3.20. The van der Waals surface area contributed by atoms with E-state index in [-0.39, 0.29) is 6.04 Å². The molecule has 0 saturated heterocycles. The number of aromatic nitrogens is 1. The maximum atomic E-state index is 10.4. The van der Waals surface area contributed by atoms with Crippen LogP contribution in [0, 0.1) is 0 Å². The monoisotopic (exact) mass is 153 g/mol. The zero-order chi connectivity index (χ0) is 8.27. The van der Waals surface area contributed by atoms with Gasteiger partial charge in [0.25, 0.3) is 0 Å². The molecule has 4 heteroatoms. The van der Waals surface area contributed by atoms with Gasteiger partial charge in [-0.05, 0) is 19.1 Å². The van der Waals surface area contributed by atoms with Gasteiger partial charge in [0.2, 0.25) is 0 Å². The molecule has 2 amide bonds. The van der Waals surface area contributed by atoms with Crippen molar-refractivity contribution in [2.45, 2.75) is 13.0 Å². The molecule has 4 nitrogen and oxygen atoms in total. The summed E-state index contributed by atoms with van der Waals surface area (Å²) in [6.45, 7) is 1.86. The molecule has 60 valence electrons. The minimum atomic E-state index is -0.507. The highest BCUT2D eigenvalue weighted by Crippen LogP contribution is 2.07. The molecule has 0 aliphatic heterocycles. The highest BCUT2D eigenvalue weighted by atomic mass is 16.2. The summed E-state index contributed by atoms with van der Waals surface area (Å²) in [5, 5.41) is 2.55. The molecular formula is C7H11N3O. The second-order valence-corrected chi connectivity index (χ2v) is 2.36. The van der Waals surface area contributed by atoms with Crippen molar-refractivity contribution < 1.29 is 4.79 Å². The first-order valence-corrected chi connectivity index (χ1v) is 3.39. The number of hydrogen-bond donors (Lipinski definition) is 3. The molecule has 0 aromatic carbocycles. The zero-order valence-electron chi connectivity index (χ0n) is 6.29. The molecule has 1 heterocycles. The molecule has 1 aromatic rings. The first kappa shape index (κ1) is 7.65. The Bertz CT molecular complexity index is 230. The number of nitrogens with one attached hydrogen (secondary N) is 2. The number of amides is 2. The van der Waals surface area contributed by atoms with Crippen LogP contribution < -0.4 is 11.1 Å². The molecule has 1 aromatic heterocycles. The van der Waals surface area contributed by atoms with Crippen LogP contribution in [-0.2, 0) is 0 Å². The van der Waals surface area contributed by atoms with E-state index in [9.17, 15) is 4.79 Å². The fourth-order valence-electron chi connectivity index (χ4n) is 0.905. The summed E-state index contributed by atoms with van der Waals surface area (Å²) in [7, 11) is 0. The van der Waals surface area contributed by atoms with E-state index in [1.54, 1.807) is 6.20 Å². The fourth-order valence-corrected chi connectivity index (χ4v) is 0.905. The SMILES string of the molecule is CC(NC(N)=O)c1ccc[nH]1. The quantitative estimate of drug-likeness (QED) is 0.576. The van der Waals surface area contributed by atoms with Crippen molar-refractivity contribution >= 4 is 6.03 Å². The van der Waals surface area contributed by atoms with E-state index in [0.29, 0.717) is 0 Å². The van der Waals surface area contributed by atoms with Crippen LogP contribution in [0.25, 0.3) is 0 Å². The zero-order valence-corrected chi connectivity index (χ0v) is 6.29. The number of carbonyl (C=O) groups excluding carboxylic acids is 1. The number of H-pyrrole nitrogens is 1. The Hall–Kier alpha value is -1.45. The third-order valence-corrected chi connectivity index (χ3v) is 1.45. The number of rotatable bonds is 2. The van der Waals surface area contributed by atoms with Crippen molar-refractivity contribution in [1.82, 2.24) is 10.3 Å². The third-order valence-electron chi connectivity index (χ3n) is 1.45. The molecule has 0 aliphatic rings. The predicted octanol–water partition coefficient (Wildman–Crippen LogP) is 0.744. The molecular weight excluding hydrogens is 142 g/mol. The lowest BCUT2D eigenvalue weighted by molar-refractivity contribution is 0.246. The first-order valence-electron chi connectivity index (χ1n) is 3.39. The molecule has 0 fully saturated rings. The predicted molar refractivity (Wildman–Crippen MR) is 41.9 cm³/mol. The molecule has 0 saturated carbocycles. The number of primary amides is 1. The third kappa shape index (κ3) is 2.00.